The molecule has 2 aromatic heterocycles. The summed E-state index contributed by atoms with van der Waals surface area (Å²) in [4.78, 5) is 19.6. The number of aryl methyl sites for hydroxylation is 1. The average molecular weight is 346 g/mol. The molecule has 0 aromatic carbocycles. The Hall–Kier alpha value is -1.86. The van der Waals surface area contributed by atoms with Gasteiger partial charge in [-0.2, -0.15) is 0 Å². The highest BCUT2D eigenvalue weighted by molar-refractivity contribution is 7.08. The molecule has 1 fully saturated rings. The molecule has 3 rings (SSSR count). The Kier molecular flexibility index (Phi) is 5.87. The molecule has 0 N–H and O–H groups in total. The van der Waals surface area contributed by atoms with Gasteiger partial charge < -0.3 is 9.64 Å². The maximum absolute atomic E-state index is 12.8. The summed E-state index contributed by atoms with van der Waals surface area (Å²) in [5.74, 6) is 0.0413. The van der Waals surface area contributed by atoms with Gasteiger partial charge >= 0.3 is 0 Å². The van der Waals surface area contributed by atoms with Crippen LogP contribution in [0.2, 0.25) is 0 Å². The monoisotopic (exact) mass is 346 g/mol. The summed E-state index contributed by atoms with van der Waals surface area (Å²) in [7, 11) is 0. The van der Waals surface area contributed by atoms with Crippen LogP contribution in [-0.4, -0.2) is 44.6 Å². The fourth-order valence-corrected chi connectivity index (χ4v) is 3.54. The van der Waals surface area contributed by atoms with Crippen LogP contribution in [-0.2, 0) is 17.8 Å². The number of likely N-dealkylation sites (tertiary alicyclic amines) is 1. The van der Waals surface area contributed by atoms with Crippen LogP contribution in [0.25, 0.3) is 0 Å². The van der Waals surface area contributed by atoms with Crippen LogP contribution in [0.5, 0.6) is 0 Å². The zero-order valence-corrected chi connectivity index (χ0v) is 14.7. The number of hydrogen-bond donors (Lipinski definition) is 0. The SMILES string of the molecule is CCCc1nnsc1C(=O)N1CCC[C@H](OCc2ccccn2)C1. The van der Waals surface area contributed by atoms with Gasteiger partial charge in [0.25, 0.3) is 5.91 Å². The molecule has 1 amide bonds. The van der Waals surface area contributed by atoms with Gasteiger partial charge in [0.2, 0.25) is 0 Å². The molecule has 7 heteroatoms. The molecule has 0 bridgehead atoms. The highest BCUT2D eigenvalue weighted by Gasteiger charge is 2.28. The molecule has 24 heavy (non-hydrogen) atoms. The summed E-state index contributed by atoms with van der Waals surface area (Å²) in [6.45, 7) is 3.95. The number of rotatable bonds is 6. The lowest BCUT2D eigenvalue weighted by molar-refractivity contribution is -0.00775. The molecule has 128 valence electrons. The molecular formula is C17H22N4O2S. The summed E-state index contributed by atoms with van der Waals surface area (Å²) in [6.07, 6.45) is 5.50. The van der Waals surface area contributed by atoms with E-state index in [0.29, 0.717) is 18.0 Å². The number of amides is 1. The first-order valence-corrected chi connectivity index (χ1v) is 9.17. The highest BCUT2D eigenvalue weighted by atomic mass is 32.1. The Morgan fingerprint density at radius 2 is 2.38 bits per heavy atom. The molecule has 0 saturated carbocycles. The average Bonchev–Trinajstić information content (AvgIpc) is 3.09. The van der Waals surface area contributed by atoms with Gasteiger partial charge in [-0.05, 0) is 42.9 Å². The Labute approximate surface area is 146 Å². The van der Waals surface area contributed by atoms with E-state index in [9.17, 15) is 4.79 Å². The number of hydrogen-bond acceptors (Lipinski definition) is 6. The van der Waals surface area contributed by atoms with E-state index in [1.165, 1.54) is 11.5 Å². The summed E-state index contributed by atoms with van der Waals surface area (Å²) < 4.78 is 9.92. The zero-order valence-electron chi connectivity index (χ0n) is 13.9. The van der Waals surface area contributed by atoms with E-state index in [2.05, 4.69) is 21.5 Å². The molecule has 6 nitrogen and oxygen atoms in total. The van der Waals surface area contributed by atoms with Gasteiger partial charge in [-0.1, -0.05) is 23.9 Å². The number of carbonyl (C=O) groups excluding carboxylic acids is 1. The van der Waals surface area contributed by atoms with E-state index in [1.807, 2.05) is 23.1 Å². The van der Waals surface area contributed by atoms with E-state index in [4.69, 9.17) is 4.74 Å². The van der Waals surface area contributed by atoms with Crippen LogP contribution >= 0.6 is 11.5 Å². The van der Waals surface area contributed by atoms with Crippen molar-refractivity contribution in [2.45, 2.75) is 45.3 Å². The topological polar surface area (TPSA) is 68.2 Å². The van der Waals surface area contributed by atoms with Crippen molar-refractivity contribution in [3.05, 3.63) is 40.7 Å². The van der Waals surface area contributed by atoms with E-state index in [0.717, 1.165) is 43.6 Å². The fraction of sp³-hybridized carbons (Fsp3) is 0.529. The van der Waals surface area contributed by atoms with E-state index < -0.39 is 0 Å². The van der Waals surface area contributed by atoms with E-state index in [1.54, 1.807) is 6.20 Å². The van der Waals surface area contributed by atoms with Crippen molar-refractivity contribution >= 4 is 17.4 Å². The number of carbonyl (C=O) groups is 1. The molecule has 3 heterocycles. The zero-order chi connectivity index (χ0) is 16.8. The van der Waals surface area contributed by atoms with Gasteiger partial charge in [0.05, 0.1) is 24.1 Å². The lowest BCUT2D eigenvalue weighted by Crippen LogP contribution is -2.43. The molecule has 0 radical (unpaired) electrons. The quantitative estimate of drug-likeness (QED) is 0.804. The number of pyridine rings is 1. The molecule has 1 atom stereocenters. The van der Waals surface area contributed by atoms with Crippen molar-refractivity contribution < 1.29 is 9.53 Å². The predicted octanol–water partition coefficient (Wildman–Crippen LogP) is 2.71. The summed E-state index contributed by atoms with van der Waals surface area (Å²) in [5, 5.41) is 4.10. The van der Waals surface area contributed by atoms with Crippen molar-refractivity contribution in [3.8, 4) is 0 Å². The Balaban J connectivity index is 1.58. The molecule has 0 aliphatic carbocycles. The van der Waals surface area contributed by atoms with Gasteiger partial charge in [-0.15, -0.1) is 5.10 Å². The van der Waals surface area contributed by atoms with Crippen molar-refractivity contribution in [2.75, 3.05) is 13.1 Å². The first-order chi connectivity index (χ1) is 11.8. The minimum absolute atomic E-state index is 0.0413. The second-order valence-corrected chi connectivity index (χ2v) is 6.70. The third-order valence-corrected chi connectivity index (χ3v) is 4.85. The molecule has 0 spiro atoms. The van der Waals surface area contributed by atoms with Crippen LogP contribution < -0.4 is 0 Å². The van der Waals surface area contributed by atoms with Crippen LogP contribution in [0.1, 0.15) is 47.2 Å². The summed E-state index contributed by atoms with van der Waals surface area (Å²) in [5.41, 5.74) is 1.74. The van der Waals surface area contributed by atoms with Crippen molar-refractivity contribution in [3.63, 3.8) is 0 Å². The van der Waals surface area contributed by atoms with Gasteiger partial charge in [-0.3, -0.25) is 9.78 Å². The second-order valence-electron chi connectivity index (χ2n) is 5.95. The largest absolute Gasteiger partial charge is 0.370 e. The number of aromatic nitrogens is 3. The van der Waals surface area contributed by atoms with Crippen LogP contribution in [0.3, 0.4) is 0 Å². The van der Waals surface area contributed by atoms with E-state index >= 15 is 0 Å². The summed E-state index contributed by atoms with van der Waals surface area (Å²) in [6, 6.07) is 5.79. The molecule has 2 aromatic rings. The molecule has 0 unspecified atom stereocenters. The normalized spacial score (nSPS) is 17.9. The van der Waals surface area contributed by atoms with Gasteiger partial charge in [0.1, 0.15) is 4.88 Å². The summed E-state index contributed by atoms with van der Waals surface area (Å²) >= 11 is 1.20. The van der Waals surface area contributed by atoms with Gasteiger partial charge in [0.15, 0.2) is 0 Å². The first-order valence-electron chi connectivity index (χ1n) is 8.40. The number of nitrogens with zero attached hydrogens (tertiary/aromatic N) is 4. The smallest absolute Gasteiger partial charge is 0.267 e. The maximum atomic E-state index is 12.8. The lowest BCUT2D eigenvalue weighted by Gasteiger charge is -2.32. The third-order valence-electron chi connectivity index (χ3n) is 4.10. The Morgan fingerprint density at radius 3 is 3.17 bits per heavy atom. The maximum Gasteiger partial charge on any atom is 0.267 e. The van der Waals surface area contributed by atoms with Crippen LogP contribution in [0, 0.1) is 0 Å². The molecule has 1 saturated heterocycles. The van der Waals surface area contributed by atoms with Crippen molar-refractivity contribution in [1.29, 1.82) is 0 Å². The minimum atomic E-state index is 0.0413. The molecule has 1 aliphatic heterocycles. The van der Waals surface area contributed by atoms with E-state index in [-0.39, 0.29) is 12.0 Å². The lowest BCUT2D eigenvalue weighted by atomic mass is 10.1. The Bertz CT molecular complexity index is 662. The highest BCUT2D eigenvalue weighted by Crippen LogP contribution is 2.20. The third kappa shape index (κ3) is 4.15. The number of ether oxygens (including phenoxy) is 1. The van der Waals surface area contributed by atoms with Gasteiger partial charge in [0, 0.05) is 19.3 Å². The predicted molar refractivity (Wildman–Crippen MR) is 91.9 cm³/mol. The van der Waals surface area contributed by atoms with Crippen LogP contribution in [0.15, 0.2) is 24.4 Å². The van der Waals surface area contributed by atoms with Crippen LogP contribution in [0.4, 0.5) is 0 Å². The standard InChI is InChI=1S/C17H22N4O2S/c1-2-6-15-16(24-20-19-15)17(22)21-10-5-8-14(11-21)23-12-13-7-3-4-9-18-13/h3-4,7,9,14H,2,5-6,8,10-12H2,1H3/t14-/m0/s1. The van der Waals surface area contributed by atoms with Crippen molar-refractivity contribution in [1.82, 2.24) is 19.5 Å². The van der Waals surface area contributed by atoms with Crippen molar-refractivity contribution in [2.24, 2.45) is 0 Å². The fourth-order valence-electron chi connectivity index (χ4n) is 2.86. The number of piperidine rings is 1. The molecular weight excluding hydrogens is 324 g/mol. The first kappa shape index (κ1) is 17.0. The minimum Gasteiger partial charge on any atom is -0.370 e. The molecule has 1 aliphatic rings. The second kappa shape index (κ2) is 8.30. The Morgan fingerprint density at radius 1 is 1.46 bits per heavy atom. The van der Waals surface area contributed by atoms with Gasteiger partial charge in [-0.25, -0.2) is 0 Å².